The summed E-state index contributed by atoms with van der Waals surface area (Å²) in [5.74, 6) is 0.455. The van der Waals surface area contributed by atoms with Crippen molar-refractivity contribution in [2.75, 3.05) is 43.4 Å². The van der Waals surface area contributed by atoms with Crippen molar-refractivity contribution in [1.82, 2.24) is 40.5 Å². The Morgan fingerprint density at radius 2 is 1.74 bits per heavy atom. The van der Waals surface area contributed by atoms with Gasteiger partial charge in [-0.15, -0.1) is 5.10 Å². The quantitative estimate of drug-likeness (QED) is 0.160. The number of anilines is 2. The largest absolute Gasteiger partial charge is 0.481 e. The first-order valence-corrected chi connectivity index (χ1v) is 16.1. The monoisotopic (exact) mass is 598 g/mol. The van der Waals surface area contributed by atoms with Crippen molar-refractivity contribution in [1.29, 1.82) is 0 Å². The van der Waals surface area contributed by atoms with Gasteiger partial charge in [0.25, 0.3) is 0 Å². The average molecular weight is 599 g/mol. The molecule has 0 unspecified atom stereocenters. The number of carbonyl (C=O) groups is 2. The van der Waals surface area contributed by atoms with Gasteiger partial charge in [0.05, 0.1) is 12.7 Å². The second-order valence-electron chi connectivity index (χ2n) is 11.8. The molecule has 2 fully saturated rings. The van der Waals surface area contributed by atoms with E-state index in [1.807, 2.05) is 28.8 Å². The summed E-state index contributed by atoms with van der Waals surface area (Å²) in [6.45, 7) is 7.65. The molecule has 0 aromatic carbocycles. The Bertz CT molecular complexity index is 1130. The van der Waals surface area contributed by atoms with Crippen LogP contribution in [0.2, 0.25) is 0 Å². The van der Waals surface area contributed by atoms with Gasteiger partial charge in [-0.25, -0.2) is 4.98 Å². The number of aryl methyl sites for hydroxylation is 2. The topological polar surface area (TPSA) is 162 Å². The molecule has 0 atom stereocenters. The van der Waals surface area contributed by atoms with E-state index < -0.39 is 5.97 Å². The number of piperidine rings is 1. The maximum atomic E-state index is 12.3. The number of carboxylic acids is 1. The third-order valence-electron chi connectivity index (χ3n) is 8.16. The van der Waals surface area contributed by atoms with Crippen LogP contribution in [0.1, 0.15) is 88.4 Å². The molecule has 2 aliphatic rings. The summed E-state index contributed by atoms with van der Waals surface area (Å²) in [5.41, 5.74) is 1.69. The first kappa shape index (κ1) is 32.6. The lowest BCUT2D eigenvalue weighted by Crippen LogP contribution is -2.42. The molecule has 43 heavy (non-hydrogen) atoms. The molecule has 3 heterocycles. The Labute approximate surface area is 255 Å². The number of aliphatic carboxylic acids is 1. The minimum absolute atomic E-state index is 0.0297. The molecule has 13 nitrogen and oxygen atoms in total. The average Bonchev–Trinajstić information content (AvgIpc) is 3.45. The Balaban J connectivity index is 1.09. The van der Waals surface area contributed by atoms with E-state index in [2.05, 4.69) is 41.5 Å². The fraction of sp³-hybridized carbons (Fsp3) is 0.733. The highest BCUT2D eigenvalue weighted by Gasteiger charge is 2.23. The van der Waals surface area contributed by atoms with Gasteiger partial charge in [0.1, 0.15) is 11.5 Å². The third-order valence-corrected chi connectivity index (χ3v) is 8.16. The zero-order chi connectivity index (χ0) is 30.3. The van der Waals surface area contributed by atoms with Crippen LogP contribution >= 0.6 is 0 Å². The molecule has 1 saturated heterocycles. The zero-order valence-corrected chi connectivity index (χ0v) is 25.7. The van der Waals surface area contributed by atoms with Gasteiger partial charge in [-0.1, -0.05) is 24.5 Å². The zero-order valence-electron chi connectivity index (χ0n) is 25.7. The highest BCUT2D eigenvalue weighted by atomic mass is 16.4. The number of aromatic nitrogens is 5. The number of likely N-dealkylation sites (tertiary alicyclic amines) is 1. The highest BCUT2D eigenvalue weighted by Crippen LogP contribution is 2.19. The molecular formula is C30H50N10O3. The number of carboxylic acid groups (broad SMARTS) is 1. The summed E-state index contributed by atoms with van der Waals surface area (Å²) in [5, 5.41) is 31.3. The Kier molecular flexibility index (Phi) is 13.4. The first-order chi connectivity index (χ1) is 20.9. The van der Waals surface area contributed by atoms with Gasteiger partial charge >= 0.3 is 5.97 Å². The molecular weight excluding hydrogens is 548 g/mol. The number of hydrogen-bond donors (Lipinski definition) is 5. The predicted octanol–water partition coefficient (Wildman–Crippen LogP) is 2.94. The van der Waals surface area contributed by atoms with Crippen molar-refractivity contribution >= 4 is 23.6 Å². The van der Waals surface area contributed by atoms with Crippen LogP contribution in [0, 0.1) is 6.92 Å². The van der Waals surface area contributed by atoms with Gasteiger partial charge in [-0.2, -0.15) is 4.98 Å². The molecule has 4 rings (SSSR count). The number of hydrogen-bond acceptors (Lipinski definition) is 10. The van der Waals surface area contributed by atoms with Gasteiger partial charge in [-0.3, -0.25) is 14.3 Å². The molecule has 1 saturated carbocycles. The van der Waals surface area contributed by atoms with Gasteiger partial charge in [0, 0.05) is 56.3 Å². The van der Waals surface area contributed by atoms with Gasteiger partial charge < -0.3 is 31.3 Å². The molecule has 13 heteroatoms. The molecule has 2 aromatic heterocycles. The van der Waals surface area contributed by atoms with E-state index in [0.717, 1.165) is 75.1 Å². The molecule has 238 valence electrons. The maximum absolute atomic E-state index is 12.3. The summed E-state index contributed by atoms with van der Waals surface area (Å²) in [6, 6.07) is 2.86. The van der Waals surface area contributed by atoms with E-state index in [0.29, 0.717) is 32.0 Å². The van der Waals surface area contributed by atoms with Crippen molar-refractivity contribution in [3.05, 3.63) is 23.7 Å². The van der Waals surface area contributed by atoms with E-state index in [9.17, 15) is 9.59 Å². The van der Waals surface area contributed by atoms with Crippen LogP contribution in [0.5, 0.6) is 0 Å². The fourth-order valence-electron chi connectivity index (χ4n) is 5.77. The van der Waals surface area contributed by atoms with Crippen molar-refractivity contribution in [3.8, 4) is 0 Å². The number of nitrogens with one attached hydrogen (secondary N) is 4. The fourth-order valence-corrected chi connectivity index (χ4v) is 5.77. The molecule has 0 spiro atoms. The molecule has 1 amide bonds. The van der Waals surface area contributed by atoms with Crippen molar-refractivity contribution in [2.45, 2.75) is 109 Å². The highest BCUT2D eigenvalue weighted by molar-refractivity contribution is 5.77. The van der Waals surface area contributed by atoms with Gasteiger partial charge in [0.15, 0.2) is 0 Å². The van der Waals surface area contributed by atoms with Crippen molar-refractivity contribution in [2.24, 2.45) is 0 Å². The molecule has 1 aliphatic heterocycles. The summed E-state index contributed by atoms with van der Waals surface area (Å²) in [7, 11) is 0. The smallest absolute Gasteiger partial charge is 0.303 e. The summed E-state index contributed by atoms with van der Waals surface area (Å²) >= 11 is 0. The lowest BCUT2D eigenvalue weighted by molar-refractivity contribution is -0.137. The summed E-state index contributed by atoms with van der Waals surface area (Å²) < 4.78 is 1.89. The van der Waals surface area contributed by atoms with E-state index in [4.69, 9.17) is 5.11 Å². The third kappa shape index (κ3) is 12.1. The maximum Gasteiger partial charge on any atom is 0.303 e. The van der Waals surface area contributed by atoms with Crippen LogP contribution in [-0.4, -0.2) is 91.7 Å². The van der Waals surface area contributed by atoms with Crippen LogP contribution in [0.25, 0.3) is 0 Å². The Morgan fingerprint density at radius 3 is 2.53 bits per heavy atom. The number of carbonyl (C=O) groups excluding carboxylic acids is 1. The van der Waals surface area contributed by atoms with Crippen LogP contribution in [-0.2, 0) is 22.7 Å². The van der Waals surface area contributed by atoms with E-state index in [-0.39, 0.29) is 24.8 Å². The Morgan fingerprint density at radius 1 is 0.953 bits per heavy atom. The lowest BCUT2D eigenvalue weighted by atomic mass is 9.95. The summed E-state index contributed by atoms with van der Waals surface area (Å²) in [6.07, 6.45) is 13.3. The number of rotatable bonds is 18. The van der Waals surface area contributed by atoms with Gasteiger partial charge in [-0.05, 0) is 71.5 Å². The molecule has 0 bridgehead atoms. The van der Waals surface area contributed by atoms with Crippen LogP contribution in [0.3, 0.4) is 0 Å². The number of nitrogens with zero attached hydrogens (tertiary/aromatic N) is 6. The molecule has 5 N–H and O–H groups in total. The first-order valence-electron chi connectivity index (χ1n) is 16.1. The minimum atomic E-state index is -0.863. The summed E-state index contributed by atoms with van der Waals surface area (Å²) in [4.78, 5) is 34.0. The van der Waals surface area contributed by atoms with Crippen molar-refractivity contribution in [3.63, 3.8) is 0 Å². The SMILES string of the molecule is Cc1cc(NC2CCN(C(=O)CCCC(=O)O)CC2)nc(NCc2cn(CCCNCCCNC3CCCCC3)nn2)n1. The van der Waals surface area contributed by atoms with E-state index in [1.54, 1.807) is 0 Å². The van der Waals surface area contributed by atoms with E-state index in [1.165, 1.54) is 32.1 Å². The molecule has 2 aromatic rings. The minimum Gasteiger partial charge on any atom is -0.481 e. The second kappa shape index (κ2) is 17.7. The normalized spacial score (nSPS) is 16.3. The lowest BCUT2D eigenvalue weighted by Gasteiger charge is -2.32. The number of amides is 1. The van der Waals surface area contributed by atoms with Crippen LogP contribution < -0.4 is 21.3 Å². The molecule has 0 radical (unpaired) electrons. The Hall–Kier alpha value is -3.32. The van der Waals surface area contributed by atoms with Gasteiger partial charge in [0.2, 0.25) is 11.9 Å². The predicted molar refractivity (Wildman–Crippen MR) is 166 cm³/mol. The standard InChI is InChI=1S/C30H50N10O3/c1-23-20-27(35-25-12-18-39(19-13-25)28(41)10-5-11-29(42)43)36-30(34-23)33-21-26-22-40(38-37-26)17-7-15-31-14-6-16-32-24-8-3-2-4-9-24/h20,22,24-25,31-32H,2-19,21H2,1H3,(H,42,43)(H2,33,34,35,36). The van der Waals surface area contributed by atoms with Crippen LogP contribution in [0.4, 0.5) is 11.8 Å². The van der Waals surface area contributed by atoms with Crippen molar-refractivity contribution < 1.29 is 14.7 Å². The van der Waals surface area contributed by atoms with Crippen LogP contribution in [0.15, 0.2) is 12.3 Å². The second-order valence-corrected chi connectivity index (χ2v) is 11.8. The van der Waals surface area contributed by atoms with E-state index >= 15 is 0 Å². The molecule has 1 aliphatic carbocycles.